The highest BCUT2D eigenvalue weighted by molar-refractivity contribution is 5.24. The van der Waals surface area contributed by atoms with Crippen LogP contribution in [0.3, 0.4) is 0 Å². The first-order valence-corrected chi connectivity index (χ1v) is 48.1. The second-order valence-corrected chi connectivity index (χ2v) is 34.9. The molecule has 4 aliphatic rings. The maximum atomic E-state index is 8.20. The van der Waals surface area contributed by atoms with Crippen LogP contribution in [0.25, 0.3) is 0 Å². The largest absolute Gasteiger partial charge is 0.374 e. The van der Waals surface area contributed by atoms with Crippen LogP contribution >= 0.6 is 0 Å². The van der Waals surface area contributed by atoms with Crippen molar-refractivity contribution in [1.82, 2.24) is 0 Å². The number of hydrogen-bond acceptors (Lipinski definition) is 21. The van der Waals surface area contributed by atoms with E-state index in [2.05, 4.69) is 6.58 Å². The zero-order valence-corrected chi connectivity index (χ0v) is 78.2. The van der Waals surface area contributed by atoms with Crippen molar-refractivity contribution in [2.45, 2.75) is 209 Å². The molecule has 21 nitrogen and oxygen atoms in total. The fourth-order valence-electron chi connectivity index (χ4n) is 17.7. The van der Waals surface area contributed by atoms with Gasteiger partial charge in [-0.1, -0.05) is 400 Å². The van der Waals surface area contributed by atoms with Crippen LogP contribution in [0.4, 0.5) is 0 Å². The van der Waals surface area contributed by atoms with Crippen LogP contribution < -0.4 is 0 Å². The first kappa shape index (κ1) is 99.3. The predicted molar refractivity (Wildman–Crippen MR) is 525 cm³/mol. The van der Waals surface area contributed by atoms with Gasteiger partial charge in [0.1, 0.15) is 97.7 Å². The second-order valence-electron chi connectivity index (χ2n) is 34.9. The van der Waals surface area contributed by atoms with Crippen molar-refractivity contribution in [3.8, 4) is 0 Å². The normalized spacial score (nSPS) is 24.7. The first-order valence-electron chi connectivity index (χ1n) is 48.1. The van der Waals surface area contributed by atoms with E-state index in [0.717, 1.165) is 72.3 Å². The Labute approximate surface area is 815 Å². The Kier molecular flexibility index (Phi) is 38.6. The Morgan fingerprint density at radius 3 is 0.554 bits per heavy atom. The van der Waals surface area contributed by atoms with Crippen molar-refractivity contribution in [3.63, 3.8) is 0 Å². The maximum absolute atomic E-state index is 8.20. The van der Waals surface area contributed by atoms with Gasteiger partial charge in [0.25, 0.3) is 0 Å². The van der Waals surface area contributed by atoms with Gasteiger partial charge in [0, 0.05) is 0 Å². The number of ether oxygens (including phenoxy) is 21. The summed E-state index contributed by atoms with van der Waals surface area (Å²) >= 11 is 0. The third-order valence-electron chi connectivity index (χ3n) is 24.8. The Balaban J connectivity index is 0.805. The molecule has 17 rings (SSSR count). The molecule has 4 saturated heterocycles. The smallest absolute Gasteiger partial charge is 0.187 e. The molecule has 0 radical (unpaired) electrons. The second kappa shape index (κ2) is 54.0. The molecule has 0 aliphatic carbocycles. The zero-order chi connectivity index (χ0) is 94.3. The van der Waals surface area contributed by atoms with Gasteiger partial charge in [-0.3, -0.25) is 0 Å². The van der Waals surface area contributed by atoms with Gasteiger partial charge in [-0.05, 0) is 72.3 Å². The monoisotopic (exact) mass is 1880 g/mol. The lowest BCUT2D eigenvalue weighted by Crippen LogP contribution is -2.68. The van der Waals surface area contributed by atoms with Gasteiger partial charge in [0.05, 0.1) is 119 Å². The van der Waals surface area contributed by atoms with Gasteiger partial charge in [-0.2, -0.15) is 0 Å². The van der Waals surface area contributed by atoms with Crippen LogP contribution in [0.1, 0.15) is 72.3 Å². The summed E-state index contributed by atoms with van der Waals surface area (Å²) in [6.07, 6.45) is -20.0. The average Bonchev–Trinajstić information content (AvgIpc) is 0.733. The summed E-state index contributed by atoms with van der Waals surface area (Å²) in [4.78, 5) is 0. The standard InChI is InChI=1S/C118H124O21/c1-2-68-122-115-112(130-79-96-62-36-13-37-63-96)109(127-76-93-56-30-10-31-57-93)105(100(135-115)83-120-70-87-44-18-4-19-45-87)138-118-114(132-81-98-66-40-15-41-67-98)110(128-77-94-58-32-11-33-59-94)106(101(136-118)84-121-71-88-46-20-5-21-47-88)139-117-113(131-80-97-64-38-14-39-65-97)108(126-75-92-54-28-9-29-55-92)104(124-73-90-50-24-7-25-51-90)102(137-117)85-133-116-111(129-78-95-60-34-12-35-61-95)107(125-74-91-52-26-8-27-53-91)103(123-72-89-48-22-6-23-49-89)99(134-116)82-119-69-86-42-16-3-17-43-86/h2-67,99-118H,1,68-85H2/t99-,100-,101-,102-,103-,104-,105-,106-,107+,108+,109+,110+,111+,112-,113-,114-,115?,116+,117-,118-/m1/s1/i82+1,99+1,103+1,107+1,111+1,116+1. The average molecular weight is 1880 g/mol. The topological polar surface area (TPSA) is 194 Å². The summed E-state index contributed by atoms with van der Waals surface area (Å²) in [5.74, 6) is 0. The minimum atomic E-state index is -1.44. The molecule has 0 spiro atoms. The third-order valence-corrected chi connectivity index (χ3v) is 24.8. The van der Waals surface area contributed by atoms with Crippen molar-refractivity contribution in [2.75, 3.05) is 33.0 Å². The molecule has 0 bridgehead atoms. The van der Waals surface area contributed by atoms with E-state index in [-0.39, 0.29) is 119 Å². The lowest BCUT2D eigenvalue weighted by Gasteiger charge is -2.52. The summed E-state index contributed by atoms with van der Waals surface area (Å²) in [5, 5.41) is 0. The highest BCUT2D eigenvalue weighted by Gasteiger charge is 2.59. The summed E-state index contributed by atoms with van der Waals surface area (Å²) in [5.41, 5.74) is 11.8. The molecule has 0 saturated carbocycles. The van der Waals surface area contributed by atoms with Crippen LogP contribution in [-0.2, 0) is 185 Å². The third kappa shape index (κ3) is 29.7. The van der Waals surface area contributed by atoms with Crippen molar-refractivity contribution < 1.29 is 99.5 Å². The van der Waals surface area contributed by atoms with E-state index >= 15 is 0 Å². The minimum absolute atomic E-state index is 0.0161. The molecule has 0 aromatic heterocycles. The Morgan fingerprint density at radius 2 is 0.331 bits per heavy atom. The molecule has 4 aliphatic heterocycles. The Morgan fingerprint density at radius 1 is 0.165 bits per heavy atom. The van der Waals surface area contributed by atoms with E-state index in [9.17, 15) is 0 Å². The van der Waals surface area contributed by atoms with Gasteiger partial charge in [-0.15, -0.1) is 6.58 Å². The molecule has 722 valence electrons. The lowest BCUT2D eigenvalue weighted by atomic mass is 9.95. The minimum Gasteiger partial charge on any atom is -0.374 e. The first-order chi connectivity index (χ1) is 68.9. The highest BCUT2D eigenvalue weighted by atomic mass is 16.9. The van der Waals surface area contributed by atoms with E-state index in [0.29, 0.717) is 0 Å². The zero-order valence-electron chi connectivity index (χ0n) is 78.2. The van der Waals surface area contributed by atoms with Crippen molar-refractivity contribution in [3.05, 3.63) is 479 Å². The van der Waals surface area contributed by atoms with Gasteiger partial charge < -0.3 is 99.5 Å². The summed E-state index contributed by atoms with van der Waals surface area (Å²) < 4.78 is 156. The quantitative estimate of drug-likeness (QED) is 0.0258. The molecule has 21 heteroatoms. The molecule has 13 aromatic carbocycles. The van der Waals surface area contributed by atoms with Crippen LogP contribution in [0.2, 0.25) is 0 Å². The number of benzene rings is 13. The molecular weight excluding hydrogens is 1760 g/mol. The molecule has 4 heterocycles. The highest BCUT2D eigenvalue weighted by Crippen LogP contribution is 2.42. The molecule has 13 aromatic rings. The van der Waals surface area contributed by atoms with Crippen LogP contribution in [0, 0.1) is 0 Å². The molecule has 1 unspecified atom stereocenters. The maximum Gasteiger partial charge on any atom is 0.187 e. The predicted octanol–water partition coefficient (Wildman–Crippen LogP) is 20.4. The number of hydrogen-bond donors (Lipinski definition) is 0. The van der Waals surface area contributed by atoms with E-state index in [1.807, 2.05) is 394 Å². The number of rotatable bonds is 52. The van der Waals surface area contributed by atoms with E-state index in [1.54, 1.807) is 6.08 Å². The molecule has 4 fully saturated rings. The van der Waals surface area contributed by atoms with Gasteiger partial charge in [0.2, 0.25) is 0 Å². The van der Waals surface area contributed by atoms with Crippen LogP contribution in [0.5, 0.6) is 0 Å². The molecular formula is C118H124O21. The van der Waals surface area contributed by atoms with E-state index < -0.39 is 123 Å². The Bertz CT molecular complexity index is 5540. The summed E-state index contributed by atoms with van der Waals surface area (Å²) in [6.45, 7) is 5.69. The van der Waals surface area contributed by atoms with Crippen LogP contribution in [-0.4, -0.2) is 156 Å². The van der Waals surface area contributed by atoms with Crippen LogP contribution in [0.15, 0.2) is 407 Å². The molecule has 0 amide bonds. The van der Waals surface area contributed by atoms with Crippen molar-refractivity contribution in [2.24, 2.45) is 0 Å². The van der Waals surface area contributed by atoms with Gasteiger partial charge >= 0.3 is 0 Å². The SMILES string of the molecule is C=CCOC1O[C@H](COCc2ccccc2)[C@@H](O[C@H]2O[C@H](COCc3ccccc3)[C@@H](O[C@H]3O[C@H](CO[13C@H]4O[13C@H]([13CH2]OCc5ccccc5)[13C@@H](OCc5ccccc5)[13C@H](OCc5ccccc5)[13C@@H]4OCc4ccccc4)[C@@H](OCc4ccccc4)[C@H](OCc4ccccc4)[C@H]3OCc3ccccc3)[C@H](OCc3ccccc3)[C@H]2OCc2ccccc2)[C@H](OCc2ccccc2)[C@H]1OCc1ccccc1. The van der Waals surface area contributed by atoms with E-state index in [4.69, 9.17) is 99.5 Å². The Hall–Kier alpha value is -11.2. The molecule has 139 heavy (non-hydrogen) atoms. The van der Waals surface area contributed by atoms with Gasteiger partial charge in [-0.25, -0.2) is 0 Å². The van der Waals surface area contributed by atoms with Gasteiger partial charge in [0.15, 0.2) is 25.2 Å². The fourth-order valence-corrected chi connectivity index (χ4v) is 17.7. The van der Waals surface area contributed by atoms with E-state index in [1.165, 1.54) is 0 Å². The lowest BCUT2D eigenvalue weighted by molar-refractivity contribution is -0.397. The van der Waals surface area contributed by atoms with Crippen molar-refractivity contribution in [1.29, 1.82) is 0 Å². The fraction of sp³-hybridized carbons (Fsp3) is 0.322. The summed E-state index contributed by atoms with van der Waals surface area (Å²) in [7, 11) is 0. The van der Waals surface area contributed by atoms with Crippen molar-refractivity contribution >= 4 is 0 Å². The molecule has 0 N–H and O–H groups in total. The molecule has 20 atom stereocenters. The summed E-state index contributed by atoms with van der Waals surface area (Å²) in [6, 6.07) is 130.